The molecule has 3 N–H and O–H groups in total. The summed E-state index contributed by atoms with van der Waals surface area (Å²) in [6, 6.07) is 14.0. The maximum atomic E-state index is 13.1. The molecule has 1 aliphatic heterocycles. The van der Waals surface area contributed by atoms with Crippen molar-refractivity contribution in [1.29, 1.82) is 0 Å². The second-order valence-electron chi connectivity index (χ2n) is 10.3. The van der Waals surface area contributed by atoms with E-state index >= 15 is 0 Å². The predicted octanol–water partition coefficient (Wildman–Crippen LogP) is 5.99. The summed E-state index contributed by atoms with van der Waals surface area (Å²) in [5, 5.41) is 8.71. The van der Waals surface area contributed by atoms with Crippen molar-refractivity contribution in [2.75, 3.05) is 18.4 Å². The van der Waals surface area contributed by atoms with Crippen molar-refractivity contribution in [3.8, 4) is 5.75 Å². The highest BCUT2D eigenvalue weighted by Crippen LogP contribution is 2.39. The first-order valence-electron chi connectivity index (χ1n) is 13.1. The van der Waals surface area contributed by atoms with E-state index in [1.807, 2.05) is 56.3 Å². The quantitative estimate of drug-likeness (QED) is 0.268. The fourth-order valence-electron chi connectivity index (χ4n) is 4.47. The van der Waals surface area contributed by atoms with Gasteiger partial charge in [0.25, 0.3) is 0 Å². The number of hydrogen-bond acceptors (Lipinski definition) is 7. The first-order chi connectivity index (χ1) is 18.3. The van der Waals surface area contributed by atoms with Crippen LogP contribution in [0.5, 0.6) is 5.75 Å². The van der Waals surface area contributed by atoms with Gasteiger partial charge in [0, 0.05) is 35.1 Å². The van der Waals surface area contributed by atoms with Crippen LogP contribution in [-0.2, 0) is 11.0 Å². The topological polar surface area (TPSA) is 88.2 Å². The minimum atomic E-state index is -1.30. The standard InChI is InChI=1S/C29H35N5O2S2/c1-19(2)37-27(24-13-17-31-28(33-24)32-21-8-7-16-30-18-21)20(3)36-25-11-12-26(23-10-6-5-9-22(23)25)38(35)34-29(4)14-15-29/h5-6,9-13,17,21,30,34H,1,7-8,14-16,18H2,2-4H3,(H,31,32,33)/b27-20+. The van der Waals surface area contributed by atoms with Crippen LogP contribution in [0.2, 0.25) is 0 Å². The Bertz CT molecular complexity index is 1400. The molecule has 1 saturated carbocycles. The number of anilines is 1. The van der Waals surface area contributed by atoms with Gasteiger partial charge in [-0.05, 0) is 76.1 Å². The molecule has 2 unspecified atom stereocenters. The van der Waals surface area contributed by atoms with Crippen LogP contribution in [0.4, 0.5) is 5.95 Å². The lowest BCUT2D eigenvalue weighted by Crippen LogP contribution is -2.38. The Labute approximate surface area is 231 Å². The Morgan fingerprint density at radius 2 is 1.97 bits per heavy atom. The summed E-state index contributed by atoms with van der Waals surface area (Å²) in [5.41, 5.74) is 0.745. The Morgan fingerprint density at radius 3 is 2.68 bits per heavy atom. The zero-order valence-electron chi connectivity index (χ0n) is 22.2. The Kier molecular flexibility index (Phi) is 8.18. The molecule has 1 saturated heterocycles. The van der Waals surface area contributed by atoms with Crippen molar-refractivity contribution in [3.05, 3.63) is 71.6 Å². The molecule has 2 heterocycles. The molecule has 0 spiro atoms. The van der Waals surface area contributed by atoms with E-state index in [4.69, 9.17) is 9.72 Å². The number of rotatable bonds is 10. The number of nitrogens with one attached hydrogen (secondary N) is 3. The molecule has 2 aliphatic rings. The Hall–Kier alpha value is -2.72. The molecule has 200 valence electrons. The van der Waals surface area contributed by atoms with E-state index in [1.54, 1.807) is 6.20 Å². The third-order valence-electron chi connectivity index (χ3n) is 6.76. The second-order valence-corrected chi connectivity index (χ2v) is 12.8. The van der Waals surface area contributed by atoms with E-state index in [1.165, 1.54) is 11.8 Å². The number of benzene rings is 2. The number of ether oxygens (including phenoxy) is 1. The first-order valence-corrected chi connectivity index (χ1v) is 15.0. The maximum absolute atomic E-state index is 13.1. The molecule has 0 radical (unpaired) electrons. The lowest BCUT2D eigenvalue weighted by atomic mass is 10.1. The summed E-state index contributed by atoms with van der Waals surface area (Å²) in [6.07, 6.45) is 6.09. The third kappa shape index (κ3) is 6.46. The van der Waals surface area contributed by atoms with Crippen molar-refractivity contribution >= 4 is 44.4 Å². The minimum absolute atomic E-state index is 0.0338. The van der Waals surface area contributed by atoms with Gasteiger partial charge in [0.15, 0.2) is 0 Å². The van der Waals surface area contributed by atoms with Gasteiger partial charge in [0.1, 0.15) is 22.5 Å². The van der Waals surface area contributed by atoms with Crippen LogP contribution in [0, 0.1) is 0 Å². The highest BCUT2D eigenvalue weighted by atomic mass is 32.2. The predicted molar refractivity (Wildman–Crippen MR) is 158 cm³/mol. The van der Waals surface area contributed by atoms with Crippen molar-refractivity contribution in [2.24, 2.45) is 0 Å². The lowest BCUT2D eigenvalue weighted by molar-refractivity contribution is 0.436. The number of piperidine rings is 1. The van der Waals surface area contributed by atoms with E-state index in [0.29, 0.717) is 23.5 Å². The average molecular weight is 550 g/mol. The van der Waals surface area contributed by atoms with Gasteiger partial charge in [-0.25, -0.2) is 18.9 Å². The second kappa shape index (κ2) is 11.6. The minimum Gasteiger partial charge on any atom is -0.460 e. The molecule has 0 amide bonds. The molecule has 1 aromatic heterocycles. The van der Waals surface area contributed by atoms with Crippen LogP contribution in [0.15, 0.2) is 70.8 Å². The van der Waals surface area contributed by atoms with Gasteiger partial charge in [0.2, 0.25) is 5.95 Å². The largest absolute Gasteiger partial charge is 0.460 e. The van der Waals surface area contributed by atoms with Crippen molar-refractivity contribution in [3.63, 3.8) is 0 Å². The average Bonchev–Trinajstić information content (AvgIpc) is 3.64. The Morgan fingerprint density at radius 1 is 1.18 bits per heavy atom. The van der Waals surface area contributed by atoms with Gasteiger partial charge in [-0.2, -0.15) is 0 Å². The fourth-order valence-corrected chi connectivity index (χ4v) is 6.55. The van der Waals surface area contributed by atoms with Crippen LogP contribution in [0.3, 0.4) is 0 Å². The highest BCUT2D eigenvalue weighted by molar-refractivity contribution is 8.11. The summed E-state index contributed by atoms with van der Waals surface area (Å²) < 4.78 is 22.9. The molecular formula is C29H35N5O2S2. The molecular weight excluding hydrogens is 514 g/mol. The fraction of sp³-hybridized carbons (Fsp3) is 0.379. The number of fused-ring (bicyclic) bond motifs is 1. The number of aromatic nitrogens is 2. The molecule has 2 aromatic carbocycles. The molecule has 9 heteroatoms. The summed E-state index contributed by atoms with van der Waals surface area (Å²) in [5.74, 6) is 2.03. The monoisotopic (exact) mass is 549 g/mol. The lowest BCUT2D eigenvalue weighted by Gasteiger charge is -2.24. The zero-order valence-corrected chi connectivity index (χ0v) is 23.8. The van der Waals surface area contributed by atoms with E-state index < -0.39 is 11.0 Å². The summed E-state index contributed by atoms with van der Waals surface area (Å²) in [4.78, 5) is 11.9. The highest BCUT2D eigenvalue weighted by Gasteiger charge is 2.39. The molecule has 38 heavy (non-hydrogen) atoms. The zero-order chi connectivity index (χ0) is 26.7. The van der Waals surface area contributed by atoms with Crippen molar-refractivity contribution in [1.82, 2.24) is 20.0 Å². The van der Waals surface area contributed by atoms with Crippen LogP contribution in [0.1, 0.15) is 52.1 Å². The van der Waals surface area contributed by atoms with Gasteiger partial charge < -0.3 is 15.4 Å². The van der Waals surface area contributed by atoms with Gasteiger partial charge in [0.05, 0.1) is 15.5 Å². The summed E-state index contributed by atoms with van der Waals surface area (Å²) in [6.45, 7) is 12.1. The van der Waals surface area contributed by atoms with Gasteiger partial charge in [-0.15, -0.1) is 0 Å². The molecule has 3 aromatic rings. The van der Waals surface area contributed by atoms with Crippen LogP contribution < -0.4 is 20.1 Å². The molecule has 1 aliphatic carbocycles. The number of hydrogen-bond donors (Lipinski definition) is 3. The van der Waals surface area contributed by atoms with E-state index in [9.17, 15) is 4.21 Å². The molecule has 2 fully saturated rings. The first kappa shape index (κ1) is 26.9. The van der Waals surface area contributed by atoms with Crippen LogP contribution >= 0.6 is 11.8 Å². The van der Waals surface area contributed by atoms with Crippen LogP contribution in [-0.4, -0.2) is 38.8 Å². The molecule has 7 nitrogen and oxygen atoms in total. The van der Waals surface area contributed by atoms with E-state index in [0.717, 1.165) is 69.9 Å². The SMILES string of the molecule is C=C(C)S/C(=C(\C)Oc1ccc(S(=O)NC2(C)CC2)c2ccccc12)c1ccnc(NC2CCCNC2)n1. The van der Waals surface area contributed by atoms with Crippen molar-refractivity contribution in [2.45, 2.75) is 62.9 Å². The summed E-state index contributed by atoms with van der Waals surface area (Å²) in [7, 11) is -1.30. The van der Waals surface area contributed by atoms with Gasteiger partial charge in [-0.3, -0.25) is 0 Å². The third-order valence-corrected chi connectivity index (χ3v) is 9.24. The van der Waals surface area contributed by atoms with E-state index in [2.05, 4.69) is 33.8 Å². The maximum Gasteiger partial charge on any atom is 0.223 e. The molecule has 5 rings (SSSR count). The normalized spacial score (nSPS) is 19.9. The van der Waals surface area contributed by atoms with E-state index in [-0.39, 0.29) is 5.54 Å². The number of thioether (sulfide) groups is 1. The smallest absolute Gasteiger partial charge is 0.223 e. The number of allylic oxidation sites excluding steroid dienone is 2. The summed E-state index contributed by atoms with van der Waals surface area (Å²) >= 11 is 1.53. The molecule has 0 bridgehead atoms. The van der Waals surface area contributed by atoms with Crippen LogP contribution in [0.25, 0.3) is 15.7 Å². The van der Waals surface area contributed by atoms with Crippen molar-refractivity contribution < 1.29 is 8.95 Å². The Balaban J connectivity index is 1.45. The van der Waals surface area contributed by atoms with Gasteiger partial charge >= 0.3 is 0 Å². The number of nitrogens with zero attached hydrogens (tertiary/aromatic N) is 2. The van der Waals surface area contributed by atoms with Gasteiger partial charge in [-0.1, -0.05) is 42.6 Å². The molecule has 2 atom stereocenters.